The first kappa shape index (κ1) is 18.4. The fourth-order valence-electron chi connectivity index (χ4n) is 4.70. The molecule has 1 aliphatic carbocycles. The van der Waals surface area contributed by atoms with Gasteiger partial charge in [0.1, 0.15) is 5.82 Å². The standard InChI is InChI=1S/C23H26FN3O2/c24-18-5-6-19-20(13-25-21(19)12-18)15-7-10-26(11-8-15)23(29)17-2-1-9-27(14-17)22(28)16-3-4-16/h5-7,12-13,16-17,25H,1-4,8-11,14H2. The second-order valence-electron chi connectivity index (χ2n) is 8.55. The normalized spacial score (nSPS) is 22.7. The second kappa shape index (κ2) is 7.32. The quantitative estimate of drug-likeness (QED) is 0.864. The first-order valence-corrected chi connectivity index (χ1v) is 10.6. The zero-order valence-corrected chi connectivity index (χ0v) is 16.5. The van der Waals surface area contributed by atoms with E-state index in [9.17, 15) is 14.0 Å². The highest BCUT2D eigenvalue weighted by molar-refractivity contribution is 5.93. The Labute approximate surface area is 169 Å². The first-order chi connectivity index (χ1) is 14.1. The largest absolute Gasteiger partial charge is 0.360 e. The fourth-order valence-corrected chi connectivity index (χ4v) is 4.70. The number of rotatable bonds is 3. The molecule has 0 radical (unpaired) electrons. The van der Waals surface area contributed by atoms with Crippen LogP contribution in [0, 0.1) is 17.7 Å². The minimum atomic E-state index is -0.248. The van der Waals surface area contributed by atoms with Crippen LogP contribution in [0.3, 0.4) is 0 Å². The lowest BCUT2D eigenvalue weighted by atomic mass is 9.94. The van der Waals surface area contributed by atoms with E-state index in [1.807, 2.05) is 22.1 Å². The maximum atomic E-state index is 13.4. The lowest BCUT2D eigenvalue weighted by Crippen LogP contribution is -2.48. The van der Waals surface area contributed by atoms with Gasteiger partial charge in [0.15, 0.2) is 0 Å². The third-order valence-electron chi connectivity index (χ3n) is 6.52. The van der Waals surface area contributed by atoms with Crippen LogP contribution >= 0.6 is 0 Å². The molecule has 29 heavy (non-hydrogen) atoms. The molecule has 2 aliphatic heterocycles. The first-order valence-electron chi connectivity index (χ1n) is 10.6. The SMILES string of the molecule is O=C(C1CCCN(C(=O)C2CC2)C1)N1CC=C(c2c[nH]c3cc(F)ccc23)CC1. The zero-order valence-electron chi connectivity index (χ0n) is 16.5. The van der Waals surface area contributed by atoms with Crippen LogP contribution in [0.25, 0.3) is 16.5 Å². The van der Waals surface area contributed by atoms with Crippen molar-refractivity contribution >= 4 is 28.3 Å². The summed E-state index contributed by atoms with van der Waals surface area (Å²) in [5, 5.41) is 1.01. The van der Waals surface area contributed by atoms with Gasteiger partial charge < -0.3 is 14.8 Å². The Balaban J connectivity index is 1.26. The van der Waals surface area contributed by atoms with Crippen LogP contribution in [0.15, 0.2) is 30.5 Å². The van der Waals surface area contributed by atoms with Gasteiger partial charge in [-0.1, -0.05) is 6.08 Å². The number of amides is 2. The fraction of sp³-hybridized carbons (Fsp3) is 0.478. The number of carbonyl (C=O) groups excluding carboxylic acids is 2. The van der Waals surface area contributed by atoms with Crippen LogP contribution < -0.4 is 0 Å². The molecule has 2 aromatic rings. The number of hydrogen-bond donors (Lipinski definition) is 1. The molecule has 5 nitrogen and oxygen atoms in total. The zero-order chi connectivity index (χ0) is 20.0. The molecule has 5 rings (SSSR count). The van der Waals surface area contributed by atoms with Gasteiger partial charge >= 0.3 is 0 Å². The number of carbonyl (C=O) groups is 2. The number of benzene rings is 1. The van der Waals surface area contributed by atoms with Crippen molar-refractivity contribution in [2.24, 2.45) is 11.8 Å². The topological polar surface area (TPSA) is 56.4 Å². The van der Waals surface area contributed by atoms with Crippen molar-refractivity contribution in [1.82, 2.24) is 14.8 Å². The summed E-state index contributed by atoms with van der Waals surface area (Å²) in [6.07, 6.45) is 8.62. The predicted molar refractivity (Wildman–Crippen MR) is 109 cm³/mol. The van der Waals surface area contributed by atoms with Crippen molar-refractivity contribution in [2.45, 2.75) is 32.1 Å². The summed E-state index contributed by atoms with van der Waals surface area (Å²) in [4.78, 5) is 32.4. The van der Waals surface area contributed by atoms with Crippen LogP contribution in [-0.2, 0) is 9.59 Å². The molecule has 1 N–H and O–H groups in total. The van der Waals surface area contributed by atoms with Crippen molar-refractivity contribution in [3.8, 4) is 0 Å². The van der Waals surface area contributed by atoms with E-state index in [4.69, 9.17) is 0 Å². The number of nitrogens with one attached hydrogen (secondary N) is 1. The number of likely N-dealkylation sites (tertiary alicyclic amines) is 1. The lowest BCUT2D eigenvalue weighted by Gasteiger charge is -2.36. The molecule has 2 fully saturated rings. The van der Waals surface area contributed by atoms with Gasteiger partial charge in [-0.25, -0.2) is 4.39 Å². The Bertz CT molecular complexity index is 991. The molecule has 152 valence electrons. The van der Waals surface area contributed by atoms with Crippen molar-refractivity contribution in [3.63, 3.8) is 0 Å². The smallest absolute Gasteiger partial charge is 0.227 e. The molecule has 6 heteroatoms. The number of hydrogen-bond acceptors (Lipinski definition) is 2. The third-order valence-corrected chi connectivity index (χ3v) is 6.52. The molecule has 3 heterocycles. The summed E-state index contributed by atoms with van der Waals surface area (Å²) in [5.74, 6) is 0.321. The monoisotopic (exact) mass is 395 g/mol. The average molecular weight is 395 g/mol. The summed E-state index contributed by atoms with van der Waals surface area (Å²) in [5.41, 5.74) is 3.08. The molecular weight excluding hydrogens is 369 g/mol. The highest BCUT2D eigenvalue weighted by atomic mass is 19.1. The van der Waals surface area contributed by atoms with Crippen LogP contribution in [0.4, 0.5) is 4.39 Å². The summed E-state index contributed by atoms with van der Waals surface area (Å²) in [6, 6.07) is 4.80. The summed E-state index contributed by atoms with van der Waals surface area (Å²) in [6.45, 7) is 2.65. The average Bonchev–Trinajstić information content (AvgIpc) is 3.52. The maximum absolute atomic E-state index is 13.4. The predicted octanol–water partition coefficient (Wildman–Crippen LogP) is 3.57. The van der Waals surface area contributed by atoms with Gasteiger partial charge in [0, 0.05) is 54.8 Å². The molecule has 0 spiro atoms. The van der Waals surface area contributed by atoms with Crippen LogP contribution in [0.1, 0.15) is 37.7 Å². The highest BCUT2D eigenvalue weighted by Gasteiger charge is 2.37. The Hall–Kier alpha value is -2.63. The van der Waals surface area contributed by atoms with Crippen LogP contribution in [0.5, 0.6) is 0 Å². The minimum Gasteiger partial charge on any atom is -0.360 e. The van der Waals surface area contributed by atoms with Crippen LogP contribution in [0.2, 0.25) is 0 Å². The molecule has 1 saturated heterocycles. The van der Waals surface area contributed by atoms with Gasteiger partial charge in [-0.15, -0.1) is 0 Å². The molecule has 1 unspecified atom stereocenters. The summed E-state index contributed by atoms with van der Waals surface area (Å²) >= 11 is 0. The van der Waals surface area contributed by atoms with Crippen molar-refractivity contribution in [1.29, 1.82) is 0 Å². The molecular formula is C23H26FN3O2. The Morgan fingerprint density at radius 3 is 2.62 bits per heavy atom. The van der Waals surface area contributed by atoms with Gasteiger partial charge in [-0.3, -0.25) is 9.59 Å². The van der Waals surface area contributed by atoms with Crippen molar-refractivity contribution in [2.75, 3.05) is 26.2 Å². The summed E-state index contributed by atoms with van der Waals surface area (Å²) < 4.78 is 13.4. The molecule has 1 aromatic heterocycles. The van der Waals surface area contributed by atoms with Gasteiger partial charge in [0.2, 0.25) is 11.8 Å². The number of nitrogens with zero attached hydrogens (tertiary/aromatic N) is 2. The summed E-state index contributed by atoms with van der Waals surface area (Å²) in [7, 11) is 0. The van der Waals surface area contributed by atoms with E-state index in [0.29, 0.717) is 19.6 Å². The van der Waals surface area contributed by atoms with Gasteiger partial charge in [-0.2, -0.15) is 0 Å². The molecule has 1 saturated carbocycles. The number of H-pyrrole nitrogens is 1. The minimum absolute atomic E-state index is 0.0718. The number of halogens is 1. The van der Waals surface area contributed by atoms with E-state index in [1.165, 1.54) is 17.7 Å². The number of aromatic nitrogens is 1. The number of fused-ring (bicyclic) bond motifs is 1. The van der Waals surface area contributed by atoms with Crippen LogP contribution in [-0.4, -0.2) is 52.8 Å². The Morgan fingerprint density at radius 2 is 1.86 bits per heavy atom. The van der Waals surface area contributed by atoms with E-state index in [2.05, 4.69) is 11.1 Å². The van der Waals surface area contributed by atoms with Gasteiger partial charge in [-0.05, 0) is 55.9 Å². The Kier molecular flexibility index (Phi) is 4.64. The molecule has 1 atom stereocenters. The van der Waals surface area contributed by atoms with E-state index in [-0.39, 0.29) is 29.5 Å². The van der Waals surface area contributed by atoms with Gasteiger partial charge in [0.25, 0.3) is 0 Å². The molecule has 1 aromatic carbocycles. The molecule has 2 amide bonds. The lowest BCUT2D eigenvalue weighted by molar-refractivity contribution is -0.141. The number of aromatic amines is 1. The van der Waals surface area contributed by atoms with E-state index >= 15 is 0 Å². The molecule has 3 aliphatic rings. The molecule has 0 bridgehead atoms. The van der Waals surface area contributed by atoms with Crippen molar-refractivity contribution in [3.05, 3.63) is 41.9 Å². The van der Waals surface area contributed by atoms with Gasteiger partial charge in [0.05, 0.1) is 5.92 Å². The maximum Gasteiger partial charge on any atom is 0.227 e. The van der Waals surface area contributed by atoms with Crippen molar-refractivity contribution < 1.29 is 14.0 Å². The van der Waals surface area contributed by atoms with E-state index in [1.54, 1.807) is 0 Å². The van der Waals surface area contributed by atoms with E-state index < -0.39 is 0 Å². The second-order valence-corrected chi connectivity index (χ2v) is 8.55. The number of piperidine rings is 1. The Morgan fingerprint density at radius 1 is 1.03 bits per heavy atom. The van der Waals surface area contributed by atoms with E-state index in [0.717, 1.165) is 55.1 Å². The third kappa shape index (κ3) is 3.56. The highest BCUT2D eigenvalue weighted by Crippen LogP contribution is 2.33.